The second kappa shape index (κ2) is 4.32. The van der Waals surface area contributed by atoms with E-state index >= 15 is 0 Å². The molecule has 0 atom stereocenters. The van der Waals surface area contributed by atoms with Gasteiger partial charge in [-0.2, -0.15) is 0 Å². The summed E-state index contributed by atoms with van der Waals surface area (Å²) in [5.74, 6) is -0.345. The molecule has 2 aliphatic carbocycles. The highest BCUT2D eigenvalue weighted by Crippen LogP contribution is 2.32. The van der Waals surface area contributed by atoms with E-state index in [1.165, 1.54) is 0 Å². The summed E-state index contributed by atoms with van der Waals surface area (Å²) in [6.07, 6.45) is 5.59. The third-order valence-electron chi connectivity index (χ3n) is 4.46. The minimum Gasteiger partial charge on any atom is -0.288 e. The second-order valence-corrected chi connectivity index (χ2v) is 5.65. The topological polar surface area (TPSA) is 59.9 Å². The molecule has 0 bridgehead atoms. The Hall–Kier alpha value is -2.36. The van der Waals surface area contributed by atoms with Crippen LogP contribution >= 0.6 is 0 Å². The van der Waals surface area contributed by atoms with Crippen molar-refractivity contribution in [3.63, 3.8) is 0 Å². The fraction of sp³-hybridized carbons (Fsp3) is 0.294. The zero-order valence-corrected chi connectivity index (χ0v) is 11.8. The minimum atomic E-state index is -0.225. The van der Waals surface area contributed by atoms with Crippen molar-refractivity contribution in [2.75, 3.05) is 0 Å². The summed E-state index contributed by atoms with van der Waals surface area (Å²) in [5, 5.41) is 0. The van der Waals surface area contributed by atoms with Crippen LogP contribution < -0.4 is 0 Å². The summed E-state index contributed by atoms with van der Waals surface area (Å²) in [7, 11) is 0. The van der Waals surface area contributed by atoms with Crippen LogP contribution in [0.5, 0.6) is 0 Å². The van der Waals surface area contributed by atoms with Gasteiger partial charge in [-0.15, -0.1) is 0 Å². The maximum absolute atomic E-state index is 12.7. The van der Waals surface area contributed by atoms with Gasteiger partial charge in [0.25, 0.3) is 0 Å². The highest BCUT2D eigenvalue weighted by atomic mass is 16.1. The van der Waals surface area contributed by atoms with Gasteiger partial charge in [0.05, 0.1) is 11.1 Å². The normalized spacial score (nSPS) is 16.2. The lowest BCUT2D eigenvalue weighted by molar-refractivity contribution is 0.0970. The highest BCUT2D eigenvalue weighted by molar-refractivity contribution is 6.27. The molecule has 0 amide bonds. The Morgan fingerprint density at radius 2 is 1.86 bits per heavy atom. The van der Waals surface area contributed by atoms with Gasteiger partial charge in [0.2, 0.25) is 5.78 Å². The molecule has 0 saturated carbocycles. The van der Waals surface area contributed by atoms with Crippen molar-refractivity contribution in [3.05, 3.63) is 57.7 Å². The fourth-order valence-electron chi connectivity index (χ4n) is 3.39. The van der Waals surface area contributed by atoms with Gasteiger partial charge in [-0.1, -0.05) is 0 Å². The SMILES string of the molecule is Cc1c2c(nc3c1C(=O)c1cccnc1C3=O)CCCC2. The molecule has 0 radical (unpaired) electrons. The Bertz CT molecular complexity index is 809. The number of carbonyl (C=O) groups is 2. The smallest absolute Gasteiger partial charge is 0.231 e. The molecule has 0 saturated heterocycles. The molecule has 2 aromatic heterocycles. The molecule has 2 aromatic rings. The molecule has 0 fully saturated rings. The number of aromatic nitrogens is 2. The number of pyridine rings is 2. The lowest BCUT2D eigenvalue weighted by Gasteiger charge is -2.24. The van der Waals surface area contributed by atoms with E-state index in [-0.39, 0.29) is 17.3 Å². The Labute approximate surface area is 122 Å². The van der Waals surface area contributed by atoms with Crippen molar-refractivity contribution >= 4 is 11.6 Å². The van der Waals surface area contributed by atoms with Crippen LogP contribution in [0.15, 0.2) is 18.3 Å². The van der Waals surface area contributed by atoms with Crippen molar-refractivity contribution < 1.29 is 9.59 Å². The first-order valence-electron chi connectivity index (χ1n) is 7.25. The first-order chi connectivity index (χ1) is 10.2. The summed E-state index contributed by atoms with van der Waals surface area (Å²) >= 11 is 0. The predicted molar refractivity (Wildman–Crippen MR) is 76.7 cm³/mol. The minimum absolute atomic E-state index is 0.119. The Kier molecular flexibility index (Phi) is 2.55. The van der Waals surface area contributed by atoms with Crippen LogP contribution in [0, 0.1) is 6.92 Å². The van der Waals surface area contributed by atoms with E-state index in [1.807, 2.05) is 6.92 Å². The van der Waals surface area contributed by atoms with E-state index in [2.05, 4.69) is 9.97 Å². The molecule has 4 rings (SSSR count). The monoisotopic (exact) mass is 278 g/mol. The molecule has 0 spiro atoms. The standard InChI is InChI=1S/C17H14N2O2/c1-9-10-5-2-3-7-12(10)19-15-13(9)16(20)11-6-4-8-18-14(11)17(15)21/h4,6,8H,2-3,5,7H2,1H3. The second-order valence-electron chi connectivity index (χ2n) is 5.65. The molecule has 0 unspecified atom stereocenters. The van der Waals surface area contributed by atoms with Crippen molar-refractivity contribution in [1.82, 2.24) is 9.97 Å². The lowest BCUT2D eigenvalue weighted by Crippen LogP contribution is -2.27. The number of rotatable bonds is 0. The van der Waals surface area contributed by atoms with Gasteiger partial charge in [0.1, 0.15) is 11.4 Å². The molecule has 0 aliphatic heterocycles. The summed E-state index contributed by atoms with van der Waals surface area (Å²) in [6.45, 7) is 1.94. The average Bonchev–Trinajstić information content (AvgIpc) is 2.52. The van der Waals surface area contributed by atoms with E-state index in [0.29, 0.717) is 16.8 Å². The van der Waals surface area contributed by atoms with Gasteiger partial charge in [-0.25, -0.2) is 4.98 Å². The van der Waals surface area contributed by atoms with Crippen LogP contribution in [0.2, 0.25) is 0 Å². The maximum Gasteiger partial charge on any atom is 0.231 e. The number of carbonyl (C=O) groups excluding carboxylic acids is 2. The van der Waals surface area contributed by atoms with Crippen LogP contribution in [-0.2, 0) is 12.8 Å². The van der Waals surface area contributed by atoms with E-state index in [4.69, 9.17) is 0 Å². The van der Waals surface area contributed by atoms with Crippen molar-refractivity contribution in [1.29, 1.82) is 0 Å². The Morgan fingerprint density at radius 3 is 2.71 bits per heavy atom. The summed E-state index contributed by atoms with van der Waals surface area (Å²) in [6, 6.07) is 3.36. The summed E-state index contributed by atoms with van der Waals surface area (Å²) in [4.78, 5) is 34.0. The van der Waals surface area contributed by atoms with Gasteiger partial charge >= 0.3 is 0 Å². The third-order valence-corrected chi connectivity index (χ3v) is 4.46. The molecule has 4 nitrogen and oxygen atoms in total. The molecule has 0 aromatic carbocycles. The van der Waals surface area contributed by atoms with E-state index in [0.717, 1.165) is 42.5 Å². The summed E-state index contributed by atoms with van der Waals surface area (Å²) in [5.41, 5.74) is 4.49. The first kappa shape index (κ1) is 12.4. The van der Waals surface area contributed by atoms with Crippen molar-refractivity contribution in [2.24, 2.45) is 0 Å². The number of hydrogen-bond donors (Lipinski definition) is 0. The van der Waals surface area contributed by atoms with E-state index < -0.39 is 0 Å². The van der Waals surface area contributed by atoms with Crippen LogP contribution in [0.25, 0.3) is 0 Å². The van der Waals surface area contributed by atoms with Gasteiger partial charge in [-0.05, 0) is 55.9 Å². The largest absolute Gasteiger partial charge is 0.288 e. The zero-order chi connectivity index (χ0) is 14.6. The highest BCUT2D eigenvalue weighted by Gasteiger charge is 2.35. The molecule has 21 heavy (non-hydrogen) atoms. The average molecular weight is 278 g/mol. The first-order valence-corrected chi connectivity index (χ1v) is 7.25. The van der Waals surface area contributed by atoms with E-state index in [9.17, 15) is 9.59 Å². The van der Waals surface area contributed by atoms with Gasteiger partial charge in [0.15, 0.2) is 5.78 Å². The number of aryl methyl sites for hydroxylation is 1. The van der Waals surface area contributed by atoms with E-state index in [1.54, 1.807) is 18.3 Å². The molecular weight excluding hydrogens is 264 g/mol. The van der Waals surface area contributed by atoms with Crippen molar-refractivity contribution in [2.45, 2.75) is 32.6 Å². The quantitative estimate of drug-likeness (QED) is 0.633. The molecule has 104 valence electrons. The fourth-order valence-corrected chi connectivity index (χ4v) is 3.39. The molecule has 2 aliphatic rings. The van der Waals surface area contributed by atoms with Gasteiger partial charge in [-0.3, -0.25) is 14.6 Å². The predicted octanol–water partition coefficient (Wildman–Crippen LogP) is 2.44. The maximum atomic E-state index is 12.7. The lowest BCUT2D eigenvalue weighted by atomic mass is 9.82. The number of hydrogen-bond acceptors (Lipinski definition) is 4. The number of fused-ring (bicyclic) bond motifs is 3. The Balaban J connectivity index is 2.03. The molecular formula is C17H14N2O2. The van der Waals surface area contributed by atoms with Crippen LogP contribution in [0.3, 0.4) is 0 Å². The third kappa shape index (κ3) is 1.62. The van der Waals surface area contributed by atoms with Crippen molar-refractivity contribution in [3.8, 4) is 0 Å². The van der Waals surface area contributed by atoms with Gasteiger partial charge < -0.3 is 0 Å². The van der Waals surface area contributed by atoms with Gasteiger partial charge in [0, 0.05) is 11.9 Å². The molecule has 2 heterocycles. The zero-order valence-electron chi connectivity index (χ0n) is 11.8. The van der Waals surface area contributed by atoms with Crippen LogP contribution in [0.1, 0.15) is 61.8 Å². The van der Waals surface area contributed by atoms with Crippen LogP contribution in [0.4, 0.5) is 0 Å². The van der Waals surface area contributed by atoms with Crippen LogP contribution in [-0.4, -0.2) is 21.5 Å². The Morgan fingerprint density at radius 1 is 1.05 bits per heavy atom. The molecule has 4 heteroatoms. The number of nitrogens with zero attached hydrogens (tertiary/aromatic N) is 2. The summed E-state index contributed by atoms with van der Waals surface area (Å²) < 4.78 is 0. The number of ketones is 2. The molecule has 0 N–H and O–H groups in total.